The van der Waals surface area contributed by atoms with Gasteiger partial charge in [0, 0.05) is 26.2 Å². The van der Waals surface area contributed by atoms with Crippen LogP contribution in [0.25, 0.3) is 0 Å². The molecule has 0 amide bonds. The smallest absolute Gasteiger partial charge is 0.243 e. The van der Waals surface area contributed by atoms with E-state index in [-0.39, 0.29) is 0 Å². The average molecular weight is 284 g/mol. The number of rotatable bonds is 3. The van der Waals surface area contributed by atoms with Gasteiger partial charge in [0.25, 0.3) is 0 Å². The molecule has 19 heavy (non-hydrogen) atoms. The second-order valence-electron chi connectivity index (χ2n) is 4.84. The van der Waals surface area contributed by atoms with E-state index in [2.05, 4.69) is 4.90 Å². The number of sulfonamides is 1. The molecular formula is C13H20N2O3S. The molecule has 1 aliphatic heterocycles. The molecule has 0 N–H and O–H groups in total. The van der Waals surface area contributed by atoms with Crippen molar-refractivity contribution < 1.29 is 13.2 Å². The van der Waals surface area contributed by atoms with E-state index in [1.165, 1.54) is 0 Å². The van der Waals surface area contributed by atoms with Crippen LogP contribution in [0.15, 0.2) is 23.1 Å². The third-order valence-electron chi connectivity index (χ3n) is 3.46. The summed E-state index contributed by atoms with van der Waals surface area (Å²) in [5, 5.41) is 0. The van der Waals surface area contributed by atoms with Crippen molar-refractivity contribution in [2.24, 2.45) is 0 Å². The zero-order chi connectivity index (χ0) is 14.0. The van der Waals surface area contributed by atoms with Crippen LogP contribution in [0.2, 0.25) is 0 Å². The Morgan fingerprint density at radius 2 is 1.79 bits per heavy atom. The molecule has 0 radical (unpaired) electrons. The lowest BCUT2D eigenvalue weighted by Crippen LogP contribution is -2.47. The molecule has 6 heteroatoms. The van der Waals surface area contributed by atoms with Gasteiger partial charge in [-0.15, -0.1) is 0 Å². The molecule has 0 aromatic heterocycles. The Balaban J connectivity index is 2.29. The molecule has 2 rings (SSSR count). The van der Waals surface area contributed by atoms with Crippen molar-refractivity contribution in [3.63, 3.8) is 0 Å². The van der Waals surface area contributed by atoms with Crippen LogP contribution in [0.1, 0.15) is 5.56 Å². The molecule has 5 nitrogen and oxygen atoms in total. The molecular weight excluding hydrogens is 264 g/mol. The highest BCUT2D eigenvalue weighted by molar-refractivity contribution is 7.89. The largest absolute Gasteiger partial charge is 0.497 e. The van der Waals surface area contributed by atoms with E-state index in [1.807, 2.05) is 7.05 Å². The Hall–Kier alpha value is -1.11. The summed E-state index contributed by atoms with van der Waals surface area (Å²) >= 11 is 0. The maximum absolute atomic E-state index is 12.6. The Morgan fingerprint density at radius 1 is 1.16 bits per heavy atom. The Kier molecular flexibility index (Phi) is 4.13. The fraction of sp³-hybridized carbons (Fsp3) is 0.538. The number of likely N-dealkylation sites (N-methyl/N-ethyl adjacent to an activating group) is 1. The summed E-state index contributed by atoms with van der Waals surface area (Å²) in [7, 11) is 0.185. The fourth-order valence-electron chi connectivity index (χ4n) is 2.21. The Morgan fingerprint density at radius 3 is 2.32 bits per heavy atom. The van der Waals surface area contributed by atoms with Crippen LogP contribution in [0.5, 0.6) is 5.75 Å². The first-order valence-corrected chi connectivity index (χ1v) is 7.72. The van der Waals surface area contributed by atoms with Gasteiger partial charge in [-0.25, -0.2) is 8.42 Å². The first-order chi connectivity index (χ1) is 8.95. The van der Waals surface area contributed by atoms with Gasteiger partial charge < -0.3 is 9.64 Å². The molecule has 0 bridgehead atoms. The van der Waals surface area contributed by atoms with Crippen molar-refractivity contribution in [1.82, 2.24) is 9.21 Å². The SMILES string of the molecule is COc1ccc(S(=O)(=O)N2CCN(C)CC2)c(C)c1. The zero-order valence-electron chi connectivity index (χ0n) is 11.6. The molecule has 1 aliphatic rings. The van der Waals surface area contributed by atoms with Crippen molar-refractivity contribution in [3.8, 4) is 5.75 Å². The van der Waals surface area contributed by atoms with Gasteiger partial charge in [-0.3, -0.25) is 0 Å². The summed E-state index contributed by atoms with van der Waals surface area (Å²) in [4.78, 5) is 2.50. The van der Waals surface area contributed by atoms with Gasteiger partial charge in [-0.2, -0.15) is 4.31 Å². The summed E-state index contributed by atoms with van der Waals surface area (Å²) in [6, 6.07) is 5.07. The van der Waals surface area contributed by atoms with Crippen molar-refractivity contribution in [2.75, 3.05) is 40.3 Å². The van der Waals surface area contributed by atoms with Crippen molar-refractivity contribution in [3.05, 3.63) is 23.8 Å². The Bertz CT molecular complexity index is 549. The fourth-order valence-corrected chi connectivity index (χ4v) is 3.83. The standard InChI is InChI=1S/C13H20N2O3S/c1-11-10-12(18-3)4-5-13(11)19(16,17)15-8-6-14(2)7-9-15/h4-5,10H,6-9H2,1-3H3. The predicted molar refractivity (Wildman–Crippen MR) is 74.0 cm³/mol. The molecule has 0 spiro atoms. The molecule has 0 aliphatic carbocycles. The lowest BCUT2D eigenvalue weighted by atomic mass is 10.2. The minimum atomic E-state index is -3.39. The van der Waals surface area contributed by atoms with Crippen molar-refractivity contribution in [1.29, 1.82) is 0 Å². The summed E-state index contributed by atoms with van der Waals surface area (Å²) in [6.45, 7) is 4.43. The monoisotopic (exact) mass is 284 g/mol. The Labute approximate surface area is 114 Å². The molecule has 1 heterocycles. The summed E-state index contributed by atoms with van der Waals surface area (Å²) < 4.78 is 31.8. The van der Waals surface area contributed by atoms with Gasteiger partial charge in [0.2, 0.25) is 10.0 Å². The van der Waals surface area contributed by atoms with E-state index in [0.717, 1.165) is 18.7 Å². The minimum Gasteiger partial charge on any atom is -0.497 e. The number of aryl methyl sites for hydroxylation is 1. The van der Waals surface area contributed by atoms with E-state index >= 15 is 0 Å². The lowest BCUT2D eigenvalue weighted by molar-refractivity contribution is 0.222. The quantitative estimate of drug-likeness (QED) is 0.829. The number of hydrogen-bond acceptors (Lipinski definition) is 4. The second kappa shape index (κ2) is 5.48. The number of hydrogen-bond donors (Lipinski definition) is 0. The van der Waals surface area contributed by atoms with Crippen LogP contribution >= 0.6 is 0 Å². The van der Waals surface area contributed by atoms with E-state index < -0.39 is 10.0 Å². The van der Waals surface area contributed by atoms with Crippen LogP contribution in [-0.4, -0.2) is 58.0 Å². The second-order valence-corrected chi connectivity index (χ2v) is 6.75. The van der Waals surface area contributed by atoms with Crippen LogP contribution < -0.4 is 4.74 Å². The molecule has 1 aromatic carbocycles. The molecule has 0 saturated carbocycles. The van der Waals surface area contributed by atoms with E-state index in [1.54, 1.807) is 36.5 Å². The van der Waals surface area contributed by atoms with Crippen LogP contribution in [0.3, 0.4) is 0 Å². The van der Waals surface area contributed by atoms with E-state index in [4.69, 9.17) is 4.74 Å². The van der Waals surface area contributed by atoms with Gasteiger partial charge in [-0.05, 0) is 37.7 Å². The summed E-state index contributed by atoms with van der Waals surface area (Å²) in [6.07, 6.45) is 0. The van der Waals surface area contributed by atoms with Gasteiger partial charge in [-0.1, -0.05) is 0 Å². The van der Waals surface area contributed by atoms with Crippen LogP contribution in [0, 0.1) is 6.92 Å². The number of ether oxygens (including phenoxy) is 1. The van der Waals surface area contributed by atoms with Gasteiger partial charge in [0.05, 0.1) is 12.0 Å². The third-order valence-corrected chi connectivity index (χ3v) is 5.52. The molecule has 0 unspecified atom stereocenters. The molecule has 106 valence electrons. The maximum Gasteiger partial charge on any atom is 0.243 e. The van der Waals surface area contributed by atoms with Crippen molar-refractivity contribution in [2.45, 2.75) is 11.8 Å². The topological polar surface area (TPSA) is 49.9 Å². The average Bonchev–Trinajstić information content (AvgIpc) is 2.38. The van der Waals surface area contributed by atoms with Gasteiger partial charge >= 0.3 is 0 Å². The summed E-state index contributed by atoms with van der Waals surface area (Å²) in [5.41, 5.74) is 0.721. The van der Waals surface area contributed by atoms with Crippen LogP contribution in [-0.2, 0) is 10.0 Å². The number of nitrogens with zero attached hydrogens (tertiary/aromatic N) is 2. The minimum absolute atomic E-state index is 0.373. The first-order valence-electron chi connectivity index (χ1n) is 6.28. The highest BCUT2D eigenvalue weighted by atomic mass is 32.2. The lowest BCUT2D eigenvalue weighted by Gasteiger charge is -2.31. The number of piperazine rings is 1. The maximum atomic E-state index is 12.6. The van der Waals surface area contributed by atoms with Crippen LogP contribution in [0.4, 0.5) is 0 Å². The normalized spacial score (nSPS) is 18.5. The molecule has 1 fully saturated rings. The number of benzene rings is 1. The van der Waals surface area contributed by atoms with Gasteiger partial charge in [0.1, 0.15) is 5.75 Å². The van der Waals surface area contributed by atoms with Crippen molar-refractivity contribution >= 4 is 10.0 Å². The first kappa shape index (κ1) is 14.3. The molecule has 0 atom stereocenters. The van der Waals surface area contributed by atoms with E-state index in [0.29, 0.717) is 23.7 Å². The van der Waals surface area contributed by atoms with E-state index in [9.17, 15) is 8.42 Å². The number of methoxy groups -OCH3 is 1. The predicted octanol–water partition coefficient (Wildman–Crippen LogP) is 0.940. The summed E-state index contributed by atoms with van der Waals surface area (Å²) in [5.74, 6) is 0.676. The highest BCUT2D eigenvalue weighted by Crippen LogP contribution is 2.24. The molecule has 1 aromatic rings. The zero-order valence-corrected chi connectivity index (χ0v) is 12.4. The highest BCUT2D eigenvalue weighted by Gasteiger charge is 2.28. The third kappa shape index (κ3) is 2.91. The van der Waals surface area contributed by atoms with Gasteiger partial charge in [0.15, 0.2) is 0 Å². The molecule has 1 saturated heterocycles.